The van der Waals surface area contributed by atoms with Crippen molar-refractivity contribution < 1.29 is 4.74 Å². The van der Waals surface area contributed by atoms with Gasteiger partial charge in [0.25, 0.3) is 0 Å². The minimum Gasteiger partial charge on any atom is -0.378 e. The molecule has 0 spiro atoms. The number of ether oxygens (including phenoxy) is 1. The van der Waals surface area contributed by atoms with E-state index < -0.39 is 0 Å². The Balaban J connectivity index is 1.59. The molecule has 1 aliphatic heterocycles. The highest BCUT2D eigenvalue weighted by atomic mass is 16.5. The summed E-state index contributed by atoms with van der Waals surface area (Å²) in [6, 6.07) is 0.779. The predicted octanol–water partition coefficient (Wildman–Crippen LogP) is 4.14. The second kappa shape index (κ2) is 8.26. The van der Waals surface area contributed by atoms with Crippen molar-refractivity contribution in [3.63, 3.8) is 0 Å². The fourth-order valence-corrected chi connectivity index (χ4v) is 3.84. The van der Waals surface area contributed by atoms with Crippen molar-refractivity contribution in [2.24, 2.45) is 11.8 Å². The highest BCUT2D eigenvalue weighted by Gasteiger charge is 2.22. The molecule has 1 aliphatic carbocycles. The molecule has 0 aromatic heterocycles. The van der Waals surface area contributed by atoms with Gasteiger partial charge in [-0.05, 0) is 63.3 Å². The normalized spacial score (nSPS) is 32.7. The molecule has 0 radical (unpaired) electrons. The summed E-state index contributed by atoms with van der Waals surface area (Å²) >= 11 is 0. The van der Waals surface area contributed by atoms with Crippen LogP contribution in [0.5, 0.6) is 0 Å². The zero-order valence-corrected chi connectivity index (χ0v) is 13.0. The molecule has 0 amide bonds. The first kappa shape index (κ1) is 15.3. The summed E-state index contributed by atoms with van der Waals surface area (Å²) in [5, 5.41) is 3.79. The zero-order chi connectivity index (χ0) is 13.5. The molecule has 0 aromatic rings. The molecule has 1 saturated carbocycles. The third-order valence-electron chi connectivity index (χ3n) is 4.76. The maximum atomic E-state index is 5.80. The monoisotopic (exact) mass is 267 g/mol. The smallest absolute Gasteiger partial charge is 0.0587 e. The number of hydrogen-bond acceptors (Lipinski definition) is 2. The zero-order valence-electron chi connectivity index (χ0n) is 13.0. The van der Waals surface area contributed by atoms with Crippen molar-refractivity contribution in [2.75, 3.05) is 13.2 Å². The average Bonchev–Trinajstić information content (AvgIpc) is 2.40. The van der Waals surface area contributed by atoms with Crippen LogP contribution in [0.25, 0.3) is 0 Å². The van der Waals surface area contributed by atoms with Crippen LogP contribution < -0.4 is 5.32 Å². The summed E-state index contributed by atoms with van der Waals surface area (Å²) < 4.78 is 5.80. The van der Waals surface area contributed by atoms with Crippen molar-refractivity contribution in [1.29, 1.82) is 0 Å². The lowest BCUT2D eigenvalue weighted by Gasteiger charge is -2.31. The Bertz CT molecular complexity index is 235. The van der Waals surface area contributed by atoms with Crippen LogP contribution in [0.15, 0.2) is 0 Å². The Hall–Kier alpha value is -0.0800. The second-order valence-corrected chi connectivity index (χ2v) is 7.09. The fourth-order valence-electron chi connectivity index (χ4n) is 3.84. The van der Waals surface area contributed by atoms with Crippen molar-refractivity contribution in [1.82, 2.24) is 5.32 Å². The van der Waals surface area contributed by atoms with E-state index in [9.17, 15) is 0 Å². The van der Waals surface area contributed by atoms with Crippen LogP contribution in [-0.4, -0.2) is 25.3 Å². The van der Waals surface area contributed by atoms with Crippen LogP contribution in [0.3, 0.4) is 0 Å². The molecule has 0 aromatic carbocycles. The molecule has 2 rings (SSSR count). The van der Waals surface area contributed by atoms with Crippen LogP contribution in [0.1, 0.15) is 71.6 Å². The van der Waals surface area contributed by atoms with Crippen molar-refractivity contribution in [2.45, 2.75) is 83.8 Å². The van der Waals surface area contributed by atoms with Gasteiger partial charge in [0, 0.05) is 12.6 Å². The molecule has 2 heteroatoms. The van der Waals surface area contributed by atoms with E-state index in [1.165, 1.54) is 57.8 Å². The lowest BCUT2D eigenvalue weighted by molar-refractivity contribution is 0.0109. The molecule has 3 unspecified atom stereocenters. The van der Waals surface area contributed by atoms with Crippen LogP contribution in [-0.2, 0) is 4.74 Å². The minimum atomic E-state index is 0.538. The molecule has 1 N–H and O–H groups in total. The predicted molar refractivity (Wildman–Crippen MR) is 81.4 cm³/mol. The van der Waals surface area contributed by atoms with E-state index in [4.69, 9.17) is 4.74 Å². The molecule has 3 atom stereocenters. The molecule has 0 bridgehead atoms. The van der Waals surface area contributed by atoms with Crippen molar-refractivity contribution in [3.8, 4) is 0 Å². The van der Waals surface area contributed by atoms with Crippen LogP contribution in [0.4, 0.5) is 0 Å². The Morgan fingerprint density at radius 2 is 2.00 bits per heavy atom. The molecular formula is C17H33NO. The van der Waals surface area contributed by atoms with Gasteiger partial charge in [0.2, 0.25) is 0 Å². The van der Waals surface area contributed by atoms with Crippen LogP contribution in [0, 0.1) is 11.8 Å². The Morgan fingerprint density at radius 3 is 2.74 bits per heavy atom. The van der Waals surface area contributed by atoms with Gasteiger partial charge in [-0.2, -0.15) is 0 Å². The lowest BCUT2D eigenvalue weighted by atomic mass is 9.81. The molecule has 112 valence electrons. The first-order chi connectivity index (χ1) is 9.24. The fraction of sp³-hybridized carbons (Fsp3) is 1.00. The summed E-state index contributed by atoms with van der Waals surface area (Å²) in [5.41, 5.74) is 0. The largest absolute Gasteiger partial charge is 0.378 e. The molecule has 19 heavy (non-hydrogen) atoms. The Morgan fingerprint density at radius 1 is 1.11 bits per heavy atom. The SMILES string of the molecule is CC(C)CC1CCCC(NCCC2CCCCO2)C1. The summed E-state index contributed by atoms with van der Waals surface area (Å²) in [6.45, 7) is 6.86. The van der Waals surface area contributed by atoms with Gasteiger partial charge in [-0.1, -0.05) is 26.7 Å². The van der Waals surface area contributed by atoms with Gasteiger partial charge in [-0.15, -0.1) is 0 Å². The third-order valence-corrected chi connectivity index (χ3v) is 4.76. The van der Waals surface area contributed by atoms with E-state index in [1.54, 1.807) is 0 Å². The Kier molecular flexibility index (Phi) is 6.66. The number of hydrogen-bond donors (Lipinski definition) is 1. The average molecular weight is 267 g/mol. The topological polar surface area (TPSA) is 21.3 Å². The van der Waals surface area contributed by atoms with Crippen molar-refractivity contribution in [3.05, 3.63) is 0 Å². The highest BCUT2D eigenvalue weighted by molar-refractivity contribution is 4.79. The second-order valence-electron chi connectivity index (χ2n) is 7.09. The van der Waals surface area contributed by atoms with Gasteiger partial charge in [0.1, 0.15) is 0 Å². The molecule has 1 saturated heterocycles. The maximum absolute atomic E-state index is 5.80. The minimum absolute atomic E-state index is 0.538. The number of rotatable bonds is 6. The van der Waals surface area contributed by atoms with Gasteiger partial charge in [0.15, 0.2) is 0 Å². The summed E-state index contributed by atoms with van der Waals surface area (Å²) in [5.74, 6) is 1.83. The standard InChI is InChI=1S/C17H33NO/c1-14(2)12-15-6-5-7-16(13-15)18-10-9-17-8-3-4-11-19-17/h14-18H,3-13H2,1-2H3. The summed E-state index contributed by atoms with van der Waals surface area (Å²) in [6.07, 6.45) is 12.8. The van der Waals surface area contributed by atoms with Gasteiger partial charge in [-0.25, -0.2) is 0 Å². The quantitative estimate of drug-likeness (QED) is 0.781. The number of nitrogens with one attached hydrogen (secondary N) is 1. The summed E-state index contributed by atoms with van der Waals surface area (Å²) in [7, 11) is 0. The van der Waals surface area contributed by atoms with Crippen LogP contribution >= 0.6 is 0 Å². The van der Waals surface area contributed by atoms with E-state index >= 15 is 0 Å². The molecule has 2 fully saturated rings. The summed E-state index contributed by atoms with van der Waals surface area (Å²) in [4.78, 5) is 0. The first-order valence-electron chi connectivity index (χ1n) is 8.59. The molecule has 2 nitrogen and oxygen atoms in total. The first-order valence-corrected chi connectivity index (χ1v) is 8.59. The van der Waals surface area contributed by atoms with E-state index in [0.717, 1.165) is 31.0 Å². The maximum Gasteiger partial charge on any atom is 0.0587 e. The van der Waals surface area contributed by atoms with E-state index in [-0.39, 0.29) is 0 Å². The van der Waals surface area contributed by atoms with E-state index in [2.05, 4.69) is 19.2 Å². The van der Waals surface area contributed by atoms with Crippen molar-refractivity contribution >= 4 is 0 Å². The van der Waals surface area contributed by atoms with Gasteiger partial charge < -0.3 is 10.1 Å². The molecular weight excluding hydrogens is 234 g/mol. The lowest BCUT2D eigenvalue weighted by Crippen LogP contribution is -2.36. The van der Waals surface area contributed by atoms with Gasteiger partial charge in [0.05, 0.1) is 6.10 Å². The van der Waals surface area contributed by atoms with E-state index in [0.29, 0.717) is 6.10 Å². The van der Waals surface area contributed by atoms with Gasteiger partial charge >= 0.3 is 0 Å². The van der Waals surface area contributed by atoms with Gasteiger partial charge in [-0.3, -0.25) is 0 Å². The van der Waals surface area contributed by atoms with Crippen LogP contribution in [0.2, 0.25) is 0 Å². The highest BCUT2D eigenvalue weighted by Crippen LogP contribution is 2.29. The Labute approximate surface area is 119 Å². The van der Waals surface area contributed by atoms with E-state index in [1.807, 2.05) is 0 Å². The molecule has 2 aliphatic rings. The third kappa shape index (κ3) is 5.83. The molecule has 1 heterocycles.